The molecule has 0 N–H and O–H groups in total. The zero-order chi connectivity index (χ0) is 38.2. The molecule has 1 aliphatic carbocycles. The van der Waals surface area contributed by atoms with Crippen LogP contribution >= 0.6 is 0 Å². The average Bonchev–Trinajstić information content (AvgIpc) is 3.94. The standard InChI is InChI=1S/C55H36N2O/c1-4-18-37(19-5-1)55(45-27-13-10-24-41(45)42-25-11-14-28-46(42)55)47-29-16-32-51-53(47)54-50(31-17-33-52(54)58-51)56(38-20-6-2-7-21-38)40-34-35-49-44(36-40)43-26-12-15-30-48(43)57(49)39-22-8-3-9-23-39/h1-36H. The van der Waals surface area contributed by atoms with E-state index in [1.807, 2.05) is 0 Å². The largest absolute Gasteiger partial charge is 0.456 e. The van der Waals surface area contributed by atoms with Crippen molar-refractivity contribution in [1.82, 2.24) is 4.57 Å². The fourth-order valence-corrected chi connectivity index (χ4v) is 9.99. The summed E-state index contributed by atoms with van der Waals surface area (Å²) in [6, 6.07) is 79.1. The zero-order valence-electron chi connectivity index (χ0n) is 31.6. The second kappa shape index (κ2) is 12.7. The molecule has 2 heterocycles. The molecule has 0 saturated heterocycles. The normalized spacial score (nSPS) is 13.0. The Morgan fingerprint density at radius 1 is 0.397 bits per heavy atom. The average molecular weight is 741 g/mol. The monoisotopic (exact) mass is 740 g/mol. The summed E-state index contributed by atoms with van der Waals surface area (Å²) in [5, 5.41) is 4.62. The summed E-state index contributed by atoms with van der Waals surface area (Å²) in [6.07, 6.45) is 0. The van der Waals surface area contributed by atoms with Crippen LogP contribution in [0.5, 0.6) is 0 Å². The van der Waals surface area contributed by atoms with Crippen LogP contribution in [0.2, 0.25) is 0 Å². The number of hydrogen-bond donors (Lipinski definition) is 0. The van der Waals surface area contributed by atoms with Gasteiger partial charge in [-0.2, -0.15) is 0 Å². The van der Waals surface area contributed by atoms with E-state index in [9.17, 15) is 0 Å². The lowest BCUT2D eigenvalue weighted by Gasteiger charge is -2.34. The molecule has 0 aliphatic heterocycles. The molecule has 9 aromatic carbocycles. The van der Waals surface area contributed by atoms with Gasteiger partial charge in [0.25, 0.3) is 0 Å². The number of hydrogen-bond acceptors (Lipinski definition) is 2. The Hall–Kier alpha value is -7.62. The van der Waals surface area contributed by atoms with E-state index in [1.54, 1.807) is 0 Å². The third-order valence-electron chi connectivity index (χ3n) is 12.2. The predicted molar refractivity (Wildman–Crippen MR) is 240 cm³/mol. The highest BCUT2D eigenvalue weighted by atomic mass is 16.3. The SMILES string of the molecule is c1ccc(N(c2ccc3c(c2)c2ccccc2n3-c2ccccc2)c2cccc3oc4cccc(C5(c6ccccc6)c6ccccc6-c6ccccc65)c4c23)cc1. The summed E-state index contributed by atoms with van der Waals surface area (Å²) in [4.78, 5) is 2.41. The summed E-state index contributed by atoms with van der Waals surface area (Å²) in [5.41, 5.74) is 15.3. The fraction of sp³-hybridized carbons (Fsp3) is 0.0182. The minimum absolute atomic E-state index is 0.590. The molecule has 0 atom stereocenters. The Labute approximate surface area is 336 Å². The van der Waals surface area contributed by atoms with Crippen molar-refractivity contribution in [3.63, 3.8) is 0 Å². The van der Waals surface area contributed by atoms with Crippen molar-refractivity contribution in [2.24, 2.45) is 0 Å². The summed E-state index contributed by atoms with van der Waals surface area (Å²) < 4.78 is 9.30. The van der Waals surface area contributed by atoms with E-state index in [0.29, 0.717) is 0 Å². The minimum Gasteiger partial charge on any atom is -0.456 e. The predicted octanol–water partition coefficient (Wildman–Crippen LogP) is 14.5. The van der Waals surface area contributed by atoms with E-state index in [2.05, 4.69) is 228 Å². The third kappa shape index (κ3) is 4.56. The summed E-state index contributed by atoms with van der Waals surface area (Å²) in [5.74, 6) is 0. The first kappa shape index (κ1) is 32.6. The van der Waals surface area contributed by atoms with Crippen LogP contribution in [0.1, 0.15) is 22.3 Å². The first-order chi connectivity index (χ1) is 28.8. The van der Waals surface area contributed by atoms with E-state index in [4.69, 9.17) is 4.42 Å². The first-order valence-electron chi connectivity index (χ1n) is 19.9. The van der Waals surface area contributed by atoms with Crippen LogP contribution in [0, 0.1) is 0 Å². The molecule has 0 fully saturated rings. The second-order valence-corrected chi connectivity index (χ2v) is 15.2. The maximum Gasteiger partial charge on any atom is 0.137 e. The van der Waals surface area contributed by atoms with Gasteiger partial charge >= 0.3 is 0 Å². The van der Waals surface area contributed by atoms with Crippen LogP contribution in [-0.2, 0) is 5.41 Å². The van der Waals surface area contributed by atoms with E-state index < -0.39 is 5.41 Å². The number of anilines is 3. The molecule has 11 aromatic rings. The Morgan fingerprint density at radius 3 is 1.71 bits per heavy atom. The minimum atomic E-state index is -0.590. The van der Waals surface area contributed by atoms with Crippen molar-refractivity contribution < 1.29 is 4.42 Å². The Balaban J connectivity index is 1.18. The van der Waals surface area contributed by atoms with E-state index in [1.165, 1.54) is 55.2 Å². The molecule has 3 heteroatoms. The molecule has 0 unspecified atom stereocenters. The lowest BCUT2D eigenvalue weighted by Crippen LogP contribution is -2.28. The van der Waals surface area contributed by atoms with Gasteiger partial charge in [-0.3, -0.25) is 0 Å². The van der Waals surface area contributed by atoms with Gasteiger partial charge < -0.3 is 13.9 Å². The van der Waals surface area contributed by atoms with Gasteiger partial charge in [-0.1, -0.05) is 152 Å². The maximum absolute atomic E-state index is 6.92. The third-order valence-corrected chi connectivity index (χ3v) is 12.2. The summed E-state index contributed by atoms with van der Waals surface area (Å²) in [7, 11) is 0. The molecule has 0 amide bonds. The molecular formula is C55H36N2O. The van der Waals surface area contributed by atoms with Gasteiger partial charge in [0, 0.05) is 33.2 Å². The zero-order valence-corrected chi connectivity index (χ0v) is 31.6. The molecule has 58 heavy (non-hydrogen) atoms. The molecule has 0 radical (unpaired) electrons. The second-order valence-electron chi connectivity index (χ2n) is 15.2. The lowest BCUT2D eigenvalue weighted by atomic mass is 9.66. The van der Waals surface area contributed by atoms with Crippen LogP contribution in [0.4, 0.5) is 17.1 Å². The van der Waals surface area contributed by atoms with E-state index >= 15 is 0 Å². The van der Waals surface area contributed by atoms with Crippen molar-refractivity contribution in [2.75, 3.05) is 4.90 Å². The molecule has 2 aromatic heterocycles. The molecular weight excluding hydrogens is 705 g/mol. The maximum atomic E-state index is 6.92. The number of para-hydroxylation sites is 3. The fourth-order valence-electron chi connectivity index (χ4n) is 9.99. The molecule has 272 valence electrons. The smallest absolute Gasteiger partial charge is 0.137 e. The van der Waals surface area contributed by atoms with Crippen LogP contribution < -0.4 is 4.90 Å². The van der Waals surface area contributed by atoms with Crippen molar-refractivity contribution in [3.05, 3.63) is 241 Å². The highest BCUT2D eigenvalue weighted by Gasteiger charge is 2.47. The van der Waals surface area contributed by atoms with Crippen molar-refractivity contribution in [2.45, 2.75) is 5.41 Å². The highest BCUT2D eigenvalue weighted by Crippen LogP contribution is 2.58. The Kier molecular flexibility index (Phi) is 7.14. The molecule has 0 bridgehead atoms. The Morgan fingerprint density at radius 2 is 0.966 bits per heavy atom. The quantitative estimate of drug-likeness (QED) is 0.169. The molecule has 1 aliphatic rings. The summed E-state index contributed by atoms with van der Waals surface area (Å²) >= 11 is 0. The lowest BCUT2D eigenvalue weighted by molar-refractivity contribution is 0.667. The first-order valence-corrected chi connectivity index (χ1v) is 19.9. The Bertz CT molecular complexity index is 3300. The number of nitrogens with zero attached hydrogens (tertiary/aromatic N) is 2. The molecule has 0 spiro atoms. The van der Waals surface area contributed by atoms with Crippen molar-refractivity contribution >= 4 is 60.8 Å². The highest BCUT2D eigenvalue weighted by molar-refractivity contribution is 6.17. The van der Waals surface area contributed by atoms with Crippen molar-refractivity contribution in [1.29, 1.82) is 0 Å². The number of fused-ring (bicyclic) bond motifs is 9. The van der Waals surface area contributed by atoms with Crippen LogP contribution in [0.3, 0.4) is 0 Å². The number of furan rings is 1. The summed E-state index contributed by atoms with van der Waals surface area (Å²) in [6.45, 7) is 0. The topological polar surface area (TPSA) is 21.3 Å². The van der Waals surface area contributed by atoms with Gasteiger partial charge in [-0.05, 0) is 100 Å². The van der Waals surface area contributed by atoms with Crippen LogP contribution in [0.25, 0.3) is 60.6 Å². The van der Waals surface area contributed by atoms with Crippen LogP contribution in [0.15, 0.2) is 223 Å². The van der Waals surface area contributed by atoms with E-state index in [0.717, 1.165) is 44.7 Å². The van der Waals surface area contributed by atoms with Gasteiger partial charge in [0.1, 0.15) is 11.2 Å². The van der Waals surface area contributed by atoms with Crippen LogP contribution in [-0.4, -0.2) is 4.57 Å². The van der Waals surface area contributed by atoms with E-state index in [-0.39, 0.29) is 0 Å². The van der Waals surface area contributed by atoms with Gasteiger partial charge in [-0.15, -0.1) is 0 Å². The number of aromatic nitrogens is 1. The van der Waals surface area contributed by atoms with Gasteiger partial charge in [0.2, 0.25) is 0 Å². The van der Waals surface area contributed by atoms with Gasteiger partial charge in [0.05, 0.1) is 27.5 Å². The van der Waals surface area contributed by atoms with Gasteiger partial charge in [-0.25, -0.2) is 0 Å². The molecule has 0 saturated carbocycles. The van der Waals surface area contributed by atoms with Gasteiger partial charge in [0.15, 0.2) is 0 Å². The number of rotatable bonds is 6. The van der Waals surface area contributed by atoms with Crippen molar-refractivity contribution in [3.8, 4) is 16.8 Å². The molecule has 3 nitrogen and oxygen atoms in total. The number of benzene rings is 9. The molecule has 12 rings (SSSR count).